The number of nitrogens with one attached hydrogen (secondary N) is 1. The standard InChI is InChI=1S/C18H26N6O2/c1-5-13-16(14(6-2)20-10-19-13)18(25)24(4)9-15-12(7-8-26-15)17-21-11(3)22-23-17/h10,12,15H,5-9H2,1-4H3,(H,21,22,23)/t12-,15-/m1/s1. The number of hydrogen-bond donors (Lipinski definition) is 1. The average molecular weight is 358 g/mol. The second-order valence-corrected chi connectivity index (χ2v) is 6.62. The molecule has 1 fully saturated rings. The summed E-state index contributed by atoms with van der Waals surface area (Å²) >= 11 is 0. The molecule has 1 saturated heterocycles. The summed E-state index contributed by atoms with van der Waals surface area (Å²) in [6.07, 6.45) is 3.68. The lowest BCUT2D eigenvalue weighted by Crippen LogP contribution is -2.37. The fourth-order valence-corrected chi connectivity index (χ4v) is 3.44. The number of likely N-dealkylation sites (N-methyl/N-ethyl adjacent to an activating group) is 1. The highest BCUT2D eigenvalue weighted by atomic mass is 16.5. The highest BCUT2D eigenvalue weighted by molar-refractivity contribution is 5.96. The van der Waals surface area contributed by atoms with Crippen LogP contribution in [0.2, 0.25) is 0 Å². The van der Waals surface area contributed by atoms with Crippen molar-refractivity contribution in [2.75, 3.05) is 20.2 Å². The van der Waals surface area contributed by atoms with Crippen LogP contribution in [0.15, 0.2) is 6.33 Å². The molecule has 1 aliphatic rings. The summed E-state index contributed by atoms with van der Waals surface area (Å²) in [6, 6.07) is 0. The number of H-pyrrole nitrogens is 1. The van der Waals surface area contributed by atoms with Crippen molar-refractivity contribution < 1.29 is 9.53 Å². The lowest BCUT2D eigenvalue weighted by Gasteiger charge is -2.25. The van der Waals surface area contributed by atoms with Crippen molar-refractivity contribution >= 4 is 5.91 Å². The first-order valence-corrected chi connectivity index (χ1v) is 9.13. The van der Waals surface area contributed by atoms with E-state index in [2.05, 4.69) is 25.1 Å². The Morgan fingerprint density at radius 1 is 1.31 bits per heavy atom. The van der Waals surface area contributed by atoms with Crippen molar-refractivity contribution in [1.82, 2.24) is 30.0 Å². The topological polar surface area (TPSA) is 96.9 Å². The van der Waals surface area contributed by atoms with Crippen LogP contribution in [0.5, 0.6) is 0 Å². The summed E-state index contributed by atoms with van der Waals surface area (Å²) in [5.74, 6) is 1.59. The third-order valence-corrected chi connectivity index (χ3v) is 4.84. The number of hydrogen-bond acceptors (Lipinski definition) is 6. The summed E-state index contributed by atoms with van der Waals surface area (Å²) in [5.41, 5.74) is 2.22. The van der Waals surface area contributed by atoms with Gasteiger partial charge in [0.1, 0.15) is 12.2 Å². The molecule has 0 bridgehead atoms. The maximum atomic E-state index is 13.1. The third kappa shape index (κ3) is 3.60. The summed E-state index contributed by atoms with van der Waals surface area (Å²) in [6.45, 7) is 7.02. The number of carbonyl (C=O) groups excluding carboxylic acids is 1. The molecule has 0 aliphatic carbocycles. The van der Waals surface area contributed by atoms with E-state index in [0.29, 0.717) is 31.6 Å². The summed E-state index contributed by atoms with van der Waals surface area (Å²) in [7, 11) is 1.80. The van der Waals surface area contributed by atoms with Crippen molar-refractivity contribution in [3.05, 3.63) is 34.9 Å². The number of amides is 1. The zero-order valence-electron chi connectivity index (χ0n) is 15.8. The van der Waals surface area contributed by atoms with E-state index < -0.39 is 0 Å². The Morgan fingerprint density at radius 2 is 2.00 bits per heavy atom. The number of rotatable bonds is 6. The number of carbonyl (C=O) groups is 1. The van der Waals surface area contributed by atoms with Crippen LogP contribution in [-0.2, 0) is 17.6 Å². The van der Waals surface area contributed by atoms with Gasteiger partial charge in [0, 0.05) is 20.2 Å². The predicted molar refractivity (Wildman–Crippen MR) is 96.0 cm³/mol. The van der Waals surface area contributed by atoms with Gasteiger partial charge in [-0.05, 0) is 26.2 Å². The molecule has 0 aromatic carbocycles. The summed E-state index contributed by atoms with van der Waals surface area (Å²) in [4.78, 5) is 27.8. The van der Waals surface area contributed by atoms with Crippen LogP contribution in [0, 0.1) is 6.92 Å². The van der Waals surface area contributed by atoms with Gasteiger partial charge in [-0.1, -0.05) is 13.8 Å². The Balaban J connectivity index is 1.77. The van der Waals surface area contributed by atoms with E-state index in [9.17, 15) is 4.79 Å². The lowest BCUT2D eigenvalue weighted by molar-refractivity contribution is 0.0548. The molecule has 26 heavy (non-hydrogen) atoms. The van der Waals surface area contributed by atoms with Crippen LogP contribution in [0.1, 0.15) is 59.6 Å². The molecule has 2 atom stereocenters. The highest BCUT2D eigenvalue weighted by Gasteiger charge is 2.34. The van der Waals surface area contributed by atoms with Crippen LogP contribution >= 0.6 is 0 Å². The zero-order chi connectivity index (χ0) is 18.7. The molecular weight excluding hydrogens is 332 g/mol. The zero-order valence-corrected chi connectivity index (χ0v) is 15.8. The van der Waals surface area contributed by atoms with Gasteiger partial charge in [-0.2, -0.15) is 5.10 Å². The fraction of sp³-hybridized carbons (Fsp3) is 0.611. The van der Waals surface area contributed by atoms with E-state index >= 15 is 0 Å². The molecule has 1 N–H and O–H groups in total. The number of aromatic nitrogens is 5. The largest absolute Gasteiger partial charge is 0.376 e. The van der Waals surface area contributed by atoms with Gasteiger partial charge in [-0.3, -0.25) is 9.89 Å². The second-order valence-electron chi connectivity index (χ2n) is 6.62. The van der Waals surface area contributed by atoms with E-state index in [1.807, 2.05) is 20.8 Å². The maximum absolute atomic E-state index is 13.1. The Bertz CT molecular complexity index is 753. The minimum atomic E-state index is -0.112. The first-order valence-electron chi connectivity index (χ1n) is 9.13. The lowest BCUT2D eigenvalue weighted by atomic mass is 9.99. The first kappa shape index (κ1) is 18.4. The van der Waals surface area contributed by atoms with Gasteiger partial charge >= 0.3 is 0 Å². The molecule has 0 unspecified atom stereocenters. The molecule has 0 spiro atoms. The molecule has 8 heteroatoms. The summed E-state index contributed by atoms with van der Waals surface area (Å²) in [5, 5.41) is 7.16. The molecule has 8 nitrogen and oxygen atoms in total. The first-order chi connectivity index (χ1) is 12.5. The molecule has 1 aliphatic heterocycles. The summed E-state index contributed by atoms with van der Waals surface area (Å²) < 4.78 is 5.88. The van der Waals surface area contributed by atoms with Gasteiger partial charge in [0.25, 0.3) is 5.91 Å². The van der Waals surface area contributed by atoms with Crippen molar-refractivity contribution in [2.24, 2.45) is 0 Å². The molecule has 1 amide bonds. The van der Waals surface area contributed by atoms with E-state index in [-0.39, 0.29) is 17.9 Å². The average Bonchev–Trinajstić information content (AvgIpc) is 3.28. The second kappa shape index (κ2) is 7.90. The molecule has 0 saturated carbocycles. The Labute approximate surface area is 153 Å². The van der Waals surface area contributed by atoms with Gasteiger partial charge in [0.05, 0.1) is 29.0 Å². The Kier molecular flexibility index (Phi) is 5.61. The monoisotopic (exact) mass is 358 g/mol. The van der Waals surface area contributed by atoms with E-state index in [1.54, 1.807) is 11.9 Å². The van der Waals surface area contributed by atoms with Crippen molar-refractivity contribution in [3.8, 4) is 0 Å². The minimum absolute atomic E-state index is 0.0558. The van der Waals surface area contributed by atoms with Crippen molar-refractivity contribution in [2.45, 2.75) is 52.1 Å². The number of aromatic amines is 1. The molecule has 3 heterocycles. The predicted octanol–water partition coefficient (Wildman–Crippen LogP) is 1.67. The van der Waals surface area contributed by atoms with Gasteiger partial charge in [-0.15, -0.1) is 0 Å². The molecule has 2 aromatic rings. The Hall–Kier alpha value is -2.35. The van der Waals surface area contributed by atoms with E-state index in [0.717, 1.165) is 29.5 Å². The van der Waals surface area contributed by atoms with E-state index in [4.69, 9.17) is 4.74 Å². The highest BCUT2D eigenvalue weighted by Crippen LogP contribution is 2.30. The van der Waals surface area contributed by atoms with Gasteiger partial charge in [-0.25, -0.2) is 15.0 Å². The number of ether oxygens (including phenoxy) is 1. The third-order valence-electron chi connectivity index (χ3n) is 4.84. The molecule has 3 rings (SSSR count). The van der Waals surface area contributed by atoms with Gasteiger partial charge in [0.2, 0.25) is 0 Å². The number of nitrogens with zero attached hydrogens (tertiary/aromatic N) is 5. The molecule has 140 valence electrons. The molecule has 0 radical (unpaired) electrons. The van der Waals surface area contributed by atoms with Gasteiger partial charge in [0.15, 0.2) is 5.82 Å². The van der Waals surface area contributed by atoms with Crippen LogP contribution in [0.3, 0.4) is 0 Å². The molecule has 2 aromatic heterocycles. The normalized spacial score (nSPS) is 19.7. The smallest absolute Gasteiger partial charge is 0.257 e. The van der Waals surface area contributed by atoms with E-state index in [1.165, 1.54) is 6.33 Å². The number of aryl methyl sites for hydroxylation is 3. The van der Waals surface area contributed by atoms with Crippen LogP contribution in [0.4, 0.5) is 0 Å². The Morgan fingerprint density at radius 3 is 2.58 bits per heavy atom. The maximum Gasteiger partial charge on any atom is 0.257 e. The fourth-order valence-electron chi connectivity index (χ4n) is 3.44. The molecular formula is C18H26N6O2. The van der Waals surface area contributed by atoms with Crippen molar-refractivity contribution in [3.63, 3.8) is 0 Å². The van der Waals surface area contributed by atoms with Crippen LogP contribution in [-0.4, -0.2) is 62.3 Å². The van der Waals surface area contributed by atoms with Crippen LogP contribution in [0.25, 0.3) is 0 Å². The van der Waals surface area contributed by atoms with Gasteiger partial charge < -0.3 is 9.64 Å². The minimum Gasteiger partial charge on any atom is -0.376 e. The van der Waals surface area contributed by atoms with Crippen molar-refractivity contribution in [1.29, 1.82) is 0 Å². The SMILES string of the molecule is CCc1ncnc(CC)c1C(=O)N(C)C[C@H]1OCC[C@H]1c1n[nH]c(C)n1. The quantitative estimate of drug-likeness (QED) is 0.844. The van der Waals surface area contributed by atoms with Crippen LogP contribution < -0.4 is 0 Å².